The molecule has 0 heterocycles. The van der Waals surface area contributed by atoms with Crippen molar-refractivity contribution in [1.82, 2.24) is 5.32 Å². The van der Waals surface area contributed by atoms with Crippen LogP contribution in [-0.2, 0) is 9.59 Å². The molecule has 0 saturated heterocycles. The molecule has 0 aliphatic heterocycles. The Morgan fingerprint density at radius 2 is 1.62 bits per heavy atom. The third-order valence-corrected chi connectivity index (χ3v) is 4.45. The second kappa shape index (κ2) is 10.4. The Bertz CT molecular complexity index is 922. The highest BCUT2D eigenvalue weighted by Crippen LogP contribution is 2.28. The van der Waals surface area contributed by atoms with Crippen molar-refractivity contribution in [3.63, 3.8) is 0 Å². The van der Waals surface area contributed by atoms with Gasteiger partial charge in [0.15, 0.2) is 11.2 Å². The molecule has 0 spiro atoms. The summed E-state index contributed by atoms with van der Waals surface area (Å²) >= 11 is 17.1. The van der Waals surface area contributed by atoms with E-state index >= 15 is 0 Å². The van der Waals surface area contributed by atoms with Crippen molar-refractivity contribution in [2.45, 2.75) is 26.9 Å². The molecule has 9 heteroatoms. The topological polar surface area (TPSA) is 79.5 Å². The van der Waals surface area contributed by atoms with Crippen LogP contribution in [0.2, 0.25) is 10.0 Å². The minimum absolute atomic E-state index is 0.0927. The molecule has 2 aromatic carbocycles. The SMILES string of the molecule is CC(C)C(=O)Nc1cccc(NC(=S)NC(=O)C(C)Oc2ccc(Cl)cc2Cl)c1. The van der Waals surface area contributed by atoms with Gasteiger partial charge >= 0.3 is 0 Å². The van der Waals surface area contributed by atoms with Crippen LogP contribution in [0.15, 0.2) is 42.5 Å². The maximum atomic E-state index is 12.3. The molecule has 0 fully saturated rings. The lowest BCUT2D eigenvalue weighted by molar-refractivity contribution is -0.125. The van der Waals surface area contributed by atoms with Gasteiger partial charge in [-0.1, -0.05) is 43.1 Å². The lowest BCUT2D eigenvalue weighted by Gasteiger charge is -2.17. The van der Waals surface area contributed by atoms with Crippen LogP contribution in [0.3, 0.4) is 0 Å². The summed E-state index contributed by atoms with van der Waals surface area (Å²) in [5.74, 6) is -0.337. The molecular formula is C20H21Cl2N3O3S. The second-order valence-electron chi connectivity index (χ2n) is 6.50. The molecule has 1 unspecified atom stereocenters. The Balaban J connectivity index is 1.92. The van der Waals surface area contributed by atoms with E-state index < -0.39 is 12.0 Å². The highest BCUT2D eigenvalue weighted by atomic mass is 35.5. The quantitative estimate of drug-likeness (QED) is 0.543. The van der Waals surface area contributed by atoms with E-state index in [4.69, 9.17) is 40.2 Å². The number of rotatable bonds is 6. The van der Waals surface area contributed by atoms with Gasteiger partial charge < -0.3 is 15.4 Å². The first-order valence-electron chi connectivity index (χ1n) is 8.80. The number of halogens is 2. The van der Waals surface area contributed by atoms with E-state index in [0.29, 0.717) is 27.2 Å². The van der Waals surface area contributed by atoms with Gasteiger partial charge in [-0.25, -0.2) is 0 Å². The van der Waals surface area contributed by atoms with Gasteiger partial charge in [-0.15, -0.1) is 0 Å². The number of anilines is 2. The third kappa shape index (κ3) is 7.20. The Kier molecular flexibility index (Phi) is 8.25. The number of benzene rings is 2. The molecule has 6 nitrogen and oxygen atoms in total. The predicted octanol–water partition coefficient (Wildman–Crippen LogP) is 4.87. The van der Waals surface area contributed by atoms with Crippen molar-refractivity contribution < 1.29 is 14.3 Å². The number of ether oxygens (including phenoxy) is 1. The molecule has 2 amide bonds. The fourth-order valence-electron chi connectivity index (χ4n) is 2.15. The van der Waals surface area contributed by atoms with Crippen molar-refractivity contribution in [2.75, 3.05) is 10.6 Å². The van der Waals surface area contributed by atoms with Crippen LogP contribution in [0.25, 0.3) is 0 Å². The normalized spacial score (nSPS) is 11.5. The number of amides is 2. The Labute approximate surface area is 184 Å². The molecule has 0 aliphatic carbocycles. The van der Waals surface area contributed by atoms with Crippen LogP contribution in [0.4, 0.5) is 11.4 Å². The average molecular weight is 454 g/mol. The number of nitrogens with one attached hydrogen (secondary N) is 3. The lowest BCUT2D eigenvalue weighted by atomic mass is 10.2. The van der Waals surface area contributed by atoms with Gasteiger partial charge in [-0.3, -0.25) is 14.9 Å². The zero-order chi connectivity index (χ0) is 21.6. The molecule has 0 bridgehead atoms. The van der Waals surface area contributed by atoms with Crippen LogP contribution in [0.1, 0.15) is 20.8 Å². The van der Waals surface area contributed by atoms with E-state index in [1.54, 1.807) is 43.3 Å². The summed E-state index contributed by atoms with van der Waals surface area (Å²) in [5, 5.41) is 9.13. The van der Waals surface area contributed by atoms with Crippen molar-refractivity contribution >= 4 is 63.7 Å². The van der Waals surface area contributed by atoms with Crippen molar-refractivity contribution in [2.24, 2.45) is 5.92 Å². The number of carbonyl (C=O) groups is 2. The Morgan fingerprint density at radius 1 is 0.966 bits per heavy atom. The predicted molar refractivity (Wildman–Crippen MR) is 121 cm³/mol. The summed E-state index contributed by atoms with van der Waals surface area (Å²) in [7, 11) is 0. The summed E-state index contributed by atoms with van der Waals surface area (Å²) in [4.78, 5) is 24.1. The minimum Gasteiger partial charge on any atom is -0.479 e. The van der Waals surface area contributed by atoms with Gasteiger partial charge in [0.05, 0.1) is 5.02 Å². The molecule has 2 rings (SSSR count). The first kappa shape index (κ1) is 22.9. The van der Waals surface area contributed by atoms with E-state index in [9.17, 15) is 9.59 Å². The van der Waals surface area contributed by atoms with Gasteiger partial charge in [-0.05, 0) is 55.5 Å². The van der Waals surface area contributed by atoms with Gasteiger partial charge in [0.25, 0.3) is 5.91 Å². The van der Waals surface area contributed by atoms with Crippen LogP contribution in [0.5, 0.6) is 5.75 Å². The van der Waals surface area contributed by atoms with E-state index in [1.165, 1.54) is 6.07 Å². The molecule has 0 aliphatic rings. The van der Waals surface area contributed by atoms with Crippen molar-refractivity contribution in [1.29, 1.82) is 0 Å². The highest BCUT2D eigenvalue weighted by molar-refractivity contribution is 7.80. The van der Waals surface area contributed by atoms with Gasteiger partial charge in [0.1, 0.15) is 5.75 Å². The van der Waals surface area contributed by atoms with Crippen LogP contribution in [0, 0.1) is 5.92 Å². The summed E-state index contributed by atoms with van der Waals surface area (Å²) in [6.45, 7) is 5.19. The molecule has 3 N–H and O–H groups in total. The van der Waals surface area contributed by atoms with E-state index in [0.717, 1.165) is 0 Å². The zero-order valence-electron chi connectivity index (χ0n) is 16.1. The molecule has 0 aromatic heterocycles. The molecular weight excluding hydrogens is 433 g/mol. The molecule has 154 valence electrons. The monoisotopic (exact) mass is 453 g/mol. The first-order chi connectivity index (χ1) is 13.7. The van der Waals surface area contributed by atoms with Gasteiger partial charge in [0, 0.05) is 22.3 Å². The van der Waals surface area contributed by atoms with Crippen molar-refractivity contribution in [3.05, 3.63) is 52.5 Å². The average Bonchev–Trinajstić information content (AvgIpc) is 2.63. The fourth-order valence-corrected chi connectivity index (χ4v) is 2.82. The van der Waals surface area contributed by atoms with Crippen LogP contribution < -0.4 is 20.7 Å². The van der Waals surface area contributed by atoms with Crippen LogP contribution in [-0.4, -0.2) is 23.0 Å². The van der Waals surface area contributed by atoms with Gasteiger partial charge in [0.2, 0.25) is 5.91 Å². The Hall–Kier alpha value is -2.35. The van der Waals surface area contributed by atoms with E-state index in [2.05, 4.69) is 16.0 Å². The molecule has 1 atom stereocenters. The van der Waals surface area contributed by atoms with Crippen LogP contribution >= 0.6 is 35.4 Å². The summed E-state index contributed by atoms with van der Waals surface area (Å²) in [6.07, 6.45) is -0.843. The second-order valence-corrected chi connectivity index (χ2v) is 7.75. The smallest absolute Gasteiger partial charge is 0.266 e. The number of carbonyl (C=O) groups excluding carboxylic acids is 2. The summed E-state index contributed by atoms with van der Waals surface area (Å²) < 4.78 is 5.56. The number of hydrogen-bond acceptors (Lipinski definition) is 4. The highest BCUT2D eigenvalue weighted by Gasteiger charge is 2.17. The maximum Gasteiger partial charge on any atom is 0.266 e. The minimum atomic E-state index is -0.843. The number of thiocarbonyl (C=S) groups is 1. The first-order valence-corrected chi connectivity index (χ1v) is 9.96. The standard InChI is InChI=1S/C20H21Cl2N3O3S/c1-11(2)18(26)23-14-5-4-6-15(10-14)24-20(29)25-19(27)12(3)28-17-8-7-13(21)9-16(17)22/h4-12H,1-3H3,(H,23,26)(H2,24,25,27,29). The fraction of sp³-hybridized carbons (Fsp3) is 0.250. The Morgan fingerprint density at radius 3 is 2.24 bits per heavy atom. The summed E-state index contributed by atoms with van der Waals surface area (Å²) in [5.41, 5.74) is 1.24. The molecule has 2 aromatic rings. The van der Waals surface area contributed by atoms with Crippen molar-refractivity contribution in [3.8, 4) is 5.75 Å². The zero-order valence-corrected chi connectivity index (χ0v) is 18.4. The summed E-state index contributed by atoms with van der Waals surface area (Å²) in [6, 6.07) is 11.7. The van der Waals surface area contributed by atoms with E-state index in [1.807, 2.05) is 13.8 Å². The maximum absolute atomic E-state index is 12.3. The third-order valence-electron chi connectivity index (χ3n) is 3.72. The lowest BCUT2D eigenvalue weighted by Crippen LogP contribution is -2.42. The molecule has 29 heavy (non-hydrogen) atoms. The van der Waals surface area contributed by atoms with E-state index in [-0.39, 0.29) is 16.9 Å². The number of hydrogen-bond donors (Lipinski definition) is 3. The largest absolute Gasteiger partial charge is 0.479 e. The molecule has 0 radical (unpaired) electrons. The molecule has 0 saturated carbocycles. The van der Waals surface area contributed by atoms with Gasteiger partial charge in [-0.2, -0.15) is 0 Å².